The van der Waals surface area contributed by atoms with Crippen LogP contribution in [-0.4, -0.2) is 42.5 Å². The predicted molar refractivity (Wildman–Crippen MR) is 90.5 cm³/mol. The summed E-state index contributed by atoms with van der Waals surface area (Å²) in [4.78, 5) is 14.4. The van der Waals surface area contributed by atoms with Gasteiger partial charge in [0.15, 0.2) is 0 Å². The van der Waals surface area contributed by atoms with Gasteiger partial charge in [-0.3, -0.25) is 9.69 Å². The Hall–Kier alpha value is -0.910. The number of carbonyl (C=O) groups is 1. The van der Waals surface area contributed by atoms with Gasteiger partial charge in [0, 0.05) is 28.8 Å². The molecule has 1 unspecified atom stereocenters. The number of hydrogen-bond acceptors (Lipinski definition) is 3. The standard InChI is InChI=1S/C16H24BrN3O/c1-12(2)20(10-15-4-3-9-18-15)11-16(21)19-14-7-5-13(17)6-8-14/h5-8,12,15,18H,3-4,9-11H2,1-2H3,(H,19,21). The van der Waals surface area contributed by atoms with Crippen molar-refractivity contribution >= 4 is 27.5 Å². The van der Waals surface area contributed by atoms with Crippen LogP contribution in [0.2, 0.25) is 0 Å². The minimum absolute atomic E-state index is 0.0454. The van der Waals surface area contributed by atoms with Crippen molar-refractivity contribution in [1.82, 2.24) is 10.2 Å². The smallest absolute Gasteiger partial charge is 0.238 e. The third kappa shape index (κ3) is 5.41. The fourth-order valence-corrected chi connectivity index (χ4v) is 2.84. The lowest BCUT2D eigenvalue weighted by atomic mass is 10.2. The molecule has 1 aromatic carbocycles. The molecule has 2 rings (SSSR count). The van der Waals surface area contributed by atoms with E-state index < -0.39 is 0 Å². The summed E-state index contributed by atoms with van der Waals surface area (Å²) in [6, 6.07) is 8.55. The number of nitrogens with one attached hydrogen (secondary N) is 2. The summed E-state index contributed by atoms with van der Waals surface area (Å²) in [5, 5.41) is 6.45. The molecule has 1 atom stereocenters. The first-order valence-corrected chi connectivity index (χ1v) is 8.37. The number of halogens is 1. The van der Waals surface area contributed by atoms with Gasteiger partial charge in [0.2, 0.25) is 5.91 Å². The quantitative estimate of drug-likeness (QED) is 0.826. The number of amides is 1. The van der Waals surface area contributed by atoms with E-state index in [1.54, 1.807) is 0 Å². The van der Waals surface area contributed by atoms with Crippen molar-refractivity contribution in [2.24, 2.45) is 0 Å². The minimum Gasteiger partial charge on any atom is -0.325 e. The summed E-state index contributed by atoms with van der Waals surface area (Å²) in [5.41, 5.74) is 0.839. The molecule has 1 fully saturated rings. The molecule has 1 amide bonds. The molecular weight excluding hydrogens is 330 g/mol. The molecule has 116 valence electrons. The van der Waals surface area contributed by atoms with Crippen LogP contribution in [0.25, 0.3) is 0 Å². The number of carbonyl (C=O) groups excluding carboxylic acids is 1. The number of benzene rings is 1. The average molecular weight is 354 g/mol. The lowest BCUT2D eigenvalue weighted by Crippen LogP contribution is -2.44. The Labute approximate surface area is 135 Å². The van der Waals surface area contributed by atoms with E-state index in [4.69, 9.17) is 0 Å². The van der Waals surface area contributed by atoms with Gasteiger partial charge in [-0.2, -0.15) is 0 Å². The molecule has 1 heterocycles. The Morgan fingerprint density at radius 2 is 2.14 bits per heavy atom. The zero-order chi connectivity index (χ0) is 15.2. The van der Waals surface area contributed by atoms with Gasteiger partial charge in [0.05, 0.1) is 6.54 Å². The summed E-state index contributed by atoms with van der Waals surface area (Å²) in [5.74, 6) is 0.0454. The van der Waals surface area contributed by atoms with E-state index in [9.17, 15) is 4.79 Å². The zero-order valence-corrected chi connectivity index (χ0v) is 14.3. The highest BCUT2D eigenvalue weighted by Gasteiger charge is 2.21. The summed E-state index contributed by atoms with van der Waals surface area (Å²) in [7, 11) is 0. The Bertz CT molecular complexity index is 455. The molecule has 0 spiro atoms. The lowest BCUT2D eigenvalue weighted by molar-refractivity contribution is -0.117. The van der Waals surface area contributed by atoms with Crippen LogP contribution >= 0.6 is 15.9 Å². The number of hydrogen-bond donors (Lipinski definition) is 2. The molecule has 1 aliphatic rings. The maximum atomic E-state index is 12.2. The van der Waals surface area contributed by atoms with Gasteiger partial charge in [-0.05, 0) is 57.5 Å². The van der Waals surface area contributed by atoms with E-state index in [1.165, 1.54) is 12.8 Å². The van der Waals surface area contributed by atoms with Crippen LogP contribution in [-0.2, 0) is 4.79 Å². The SMILES string of the molecule is CC(C)N(CC(=O)Nc1ccc(Br)cc1)CC1CCCN1. The topological polar surface area (TPSA) is 44.4 Å². The summed E-state index contributed by atoms with van der Waals surface area (Å²) in [6.45, 7) is 6.75. The second kappa shape index (κ2) is 7.92. The summed E-state index contributed by atoms with van der Waals surface area (Å²) >= 11 is 3.39. The molecule has 4 nitrogen and oxygen atoms in total. The molecule has 5 heteroatoms. The van der Waals surface area contributed by atoms with Gasteiger partial charge < -0.3 is 10.6 Å². The van der Waals surface area contributed by atoms with Crippen molar-refractivity contribution in [2.45, 2.75) is 38.8 Å². The number of anilines is 1. The van der Waals surface area contributed by atoms with Crippen LogP contribution in [0, 0.1) is 0 Å². The fourth-order valence-electron chi connectivity index (χ4n) is 2.57. The average Bonchev–Trinajstić information content (AvgIpc) is 2.93. The van der Waals surface area contributed by atoms with Gasteiger partial charge in [-0.1, -0.05) is 15.9 Å². The van der Waals surface area contributed by atoms with Crippen LogP contribution in [0.3, 0.4) is 0 Å². The predicted octanol–water partition coefficient (Wildman–Crippen LogP) is 2.85. The Morgan fingerprint density at radius 3 is 2.71 bits per heavy atom. The summed E-state index contributed by atoms with van der Waals surface area (Å²) < 4.78 is 1.01. The fraction of sp³-hybridized carbons (Fsp3) is 0.562. The van der Waals surface area contributed by atoms with Gasteiger partial charge in [0.1, 0.15) is 0 Å². The van der Waals surface area contributed by atoms with Crippen molar-refractivity contribution in [2.75, 3.05) is 25.0 Å². The maximum Gasteiger partial charge on any atom is 0.238 e. The second-order valence-electron chi connectivity index (χ2n) is 5.87. The van der Waals surface area contributed by atoms with Crippen LogP contribution in [0.1, 0.15) is 26.7 Å². The van der Waals surface area contributed by atoms with Crippen LogP contribution in [0.5, 0.6) is 0 Å². The molecule has 1 aromatic rings. The van der Waals surface area contributed by atoms with Gasteiger partial charge in [0.25, 0.3) is 0 Å². The number of nitrogens with zero attached hydrogens (tertiary/aromatic N) is 1. The monoisotopic (exact) mass is 353 g/mol. The molecule has 21 heavy (non-hydrogen) atoms. The van der Waals surface area contributed by atoms with E-state index in [0.29, 0.717) is 18.6 Å². The van der Waals surface area contributed by atoms with Crippen molar-refractivity contribution in [3.05, 3.63) is 28.7 Å². The highest BCUT2D eigenvalue weighted by atomic mass is 79.9. The van der Waals surface area contributed by atoms with Crippen molar-refractivity contribution in [3.8, 4) is 0 Å². The Kier molecular flexibility index (Phi) is 6.21. The third-order valence-corrected chi connectivity index (χ3v) is 4.35. The molecule has 1 saturated heterocycles. The Balaban J connectivity index is 1.86. The molecule has 0 aromatic heterocycles. The van der Waals surface area contributed by atoms with E-state index >= 15 is 0 Å². The lowest BCUT2D eigenvalue weighted by Gasteiger charge is -2.28. The normalized spacial score (nSPS) is 18.4. The maximum absolute atomic E-state index is 12.2. The van der Waals surface area contributed by atoms with Crippen LogP contribution in [0.15, 0.2) is 28.7 Å². The van der Waals surface area contributed by atoms with E-state index in [0.717, 1.165) is 23.2 Å². The Morgan fingerprint density at radius 1 is 1.43 bits per heavy atom. The molecule has 0 saturated carbocycles. The molecular formula is C16H24BrN3O. The largest absolute Gasteiger partial charge is 0.325 e. The van der Waals surface area contributed by atoms with E-state index in [2.05, 4.69) is 45.3 Å². The van der Waals surface area contributed by atoms with Crippen molar-refractivity contribution in [1.29, 1.82) is 0 Å². The third-order valence-electron chi connectivity index (χ3n) is 3.82. The van der Waals surface area contributed by atoms with Gasteiger partial charge in [-0.15, -0.1) is 0 Å². The first kappa shape index (κ1) is 16.5. The van der Waals surface area contributed by atoms with Crippen LogP contribution in [0.4, 0.5) is 5.69 Å². The zero-order valence-electron chi connectivity index (χ0n) is 12.7. The first-order chi connectivity index (χ1) is 10.0. The van der Waals surface area contributed by atoms with Gasteiger partial charge in [-0.25, -0.2) is 0 Å². The van der Waals surface area contributed by atoms with Crippen molar-refractivity contribution < 1.29 is 4.79 Å². The van der Waals surface area contributed by atoms with E-state index in [-0.39, 0.29) is 5.91 Å². The van der Waals surface area contributed by atoms with Gasteiger partial charge >= 0.3 is 0 Å². The second-order valence-corrected chi connectivity index (χ2v) is 6.79. The molecule has 2 N–H and O–H groups in total. The molecule has 0 radical (unpaired) electrons. The van der Waals surface area contributed by atoms with E-state index in [1.807, 2.05) is 24.3 Å². The highest BCUT2D eigenvalue weighted by molar-refractivity contribution is 9.10. The van der Waals surface area contributed by atoms with Crippen LogP contribution < -0.4 is 10.6 Å². The van der Waals surface area contributed by atoms with Crippen molar-refractivity contribution in [3.63, 3.8) is 0 Å². The minimum atomic E-state index is 0.0454. The highest BCUT2D eigenvalue weighted by Crippen LogP contribution is 2.14. The first-order valence-electron chi connectivity index (χ1n) is 7.57. The number of rotatable bonds is 6. The summed E-state index contributed by atoms with van der Waals surface area (Å²) in [6.07, 6.45) is 2.44. The molecule has 1 aliphatic heterocycles. The molecule has 0 bridgehead atoms. The molecule has 0 aliphatic carbocycles.